The highest BCUT2D eigenvalue weighted by Crippen LogP contribution is 2.37. The van der Waals surface area contributed by atoms with Crippen molar-refractivity contribution in [3.8, 4) is 5.75 Å². The van der Waals surface area contributed by atoms with Gasteiger partial charge in [0.25, 0.3) is 0 Å². The average Bonchev–Trinajstić information content (AvgIpc) is 3.12. The number of hydrogen-bond acceptors (Lipinski definition) is 5. The number of methoxy groups -OCH3 is 1. The van der Waals surface area contributed by atoms with Crippen LogP contribution >= 0.6 is 0 Å². The number of aromatic nitrogens is 2. The molecular formula is C18H22FN3O3S. The lowest BCUT2D eigenvalue weighted by atomic mass is 10.1. The van der Waals surface area contributed by atoms with Crippen molar-refractivity contribution in [1.82, 2.24) is 14.7 Å². The number of rotatable bonds is 6. The summed E-state index contributed by atoms with van der Waals surface area (Å²) < 4.78 is 46.6. The molecule has 3 rings (SSSR count). The first-order valence-corrected chi connectivity index (χ1v) is 10.0. The lowest BCUT2D eigenvalue weighted by molar-refractivity contribution is 0.414. The molecule has 0 unspecified atom stereocenters. The molecule has 0 saturated heterocycles. The van der Waals surface area contributed by atoms with Crippen LogP contribution < -0.4 is 9.46 Å². The fraction of sp³-hybridized carbons (Fsp3) is 0.444. The number of nitrogens with one attached hydrogen (secondary N) is 1. The monoisotopic (exact) mass is 379 g/mol. The van der Waals surface area contributed by atoms with Crippen LogP contribution in [0.5, 0.6) is 5.75 Å². The molecule has 0 radical (unpaired) electrons. The van der Waals surface area contributed by atoms with Crippen molar-refractivity contribution >= 4 is 10.0 Å². The maximum Gasteiger partial charge on any atom is 0.215 e. The van der Waals surface area contributed by atoms with E-state index < -0.39 is 21.1 Å². The third kappa shape index (κ3) is 4.02. The Morgan fingerprint density at radius 1 is 1.27 bits per heavy atom. The molecule has 0 aliphatic heterocycles. The summed E-state index contributed by atoms with van der Waals surface area (Å²) in [6.07, 6.45) is 4.16. The van der Waals surface area contributed by atoms with Crippen LogP contribution in [0.3, 0.4) is 0 Å². The number of benzene rings is 1. The van der Waals surface area contributed by atoms with Gasteiger partial charge in [0, 0.05) is 12.5 Å². The van der Waals surface area contributed by atoms with Gasteiger partial charge >= 0.3 is 0 Å². The summed E-state index contributed by atoms with van der Waals surface area (Å²) in [4.78, 5) is 7.97. The Labute approximate surface area is 152 Å². The molecule has 0 spiro atoms. The van der Waals surface area contributed by atoms with E-state index in [0.29, 0.717) is 18.7 Å². The third-order valence-electron chi connectivity index (χ3n) is 4.84. The highest BCUT2D eigenvalue weighted by atomic mass is 32.2. The molecule has 26 heavy (non-hydrogen) atoms. The second-order valence-corrected chi connectivity index (χ2v) is 8.48. The molecule has 1 fully saturated rings. The van der Waals surface area contributed by atoms with Crippen LogP contribution in [-0.2, 0) is 16.6 Å². The molecular weight excluding hydrogens is 357 g/mol. The van der Waals surface area contributed by atoms with Gasteiger partial charge in [0.1, 0.15) is 11.6 Å². The lowest BCUT2D eigenvalue weighted by Gasteiger charge is -2.19. The minimum absolute atomic E-state index is 0.214. The fourth-order valence-corrected chi connectivity index (χ4v) is 5.12. The molecule has 1 N–H and O–H groups in total. The van der Waals surface area contributed by atoms with E-state index in [2.05, 4.69) is 14.7 Å². The van der Waals surface area contributed by atoms with Crippen molar-refractivity contribution in [2.24, 2.45) is 0 Å². The zero-order valence-electron chi connectivity index (χ0n) is 14.8. The smallest absolute Gasteiger partial charge is 0.215 e. The van der Waals surface area contributed by atoms with Crippen molar-refractivity contribution in [3.63, 3.8) is 0 Å². The molecule has 1 aromatic carbocycles. The van der Waals surface area contributed by atoms with Gasteiger partial charge in [-0.25, -0.2) is 27.5 Å². The van der Waals surface area contributed by atoms with Crippen LogP contribution in [0.1, 0.15) is 42.1 Å². The summed E-state index contributed by atoms with van der Waals surface area (Å²) in [5, 5.41) is -0.605. The number of ether oxygens (including phenoxy) is 1. The first kappa shape index (κ1) is 18.7. The van der Waals surface area contributed by atoms with E-state index in [-0.39, 0.29) is 12.5 Å². The summed E-state index contributed by atoms with van der Waals surface area (Å²) in [7, 11) is -1.96. The van der Waals surface area contributed by atoms with Gasteiger partial charge in [0.2, 0.25) is 10.0 Å². The van der Waals surface area contributed by atoms with E-state index in [1.165, 1.54) is 0 Å². The number of nitrogens with zero attached hydrogens (tertiary/aromatic N) is 2. The van der Waals surface area contributed by atoms with Gasteiger partial charge in [0.05, 0.1) is 24.8 Å². The van der Waals surface area contributed by atoms with E-state index in [9.17, 15) is 12.8 Å². The van der Waals surface area contributed by atoms with Gasteiger partial charge < -0.3 is 4.74 Å². The molecule has 140 valence electrons. The average molecular weight is 379 g/mol. The van der Waals surface area contributed by atoms with Crippen molar-refractivity contribution in [2.45, 2.75) is 43.9 Å². The van der Waals surface area contributed by atoms with E-state index >= 15 is 0 Å². The predicted octanol–water partition coefficient (Wildman–Crippen LogP) is 2.69. The molecule has 1 heterocycles. The Hall–Kier alpha value is -2.06. The second kappa shape index (κ2) is 7.67. The minimum Gasteiger partial charge on any atom is -0.497 e. The molecule has 0 bridgehead atoms. The molecule has 1 aliphatic carbocycles. The van der Waals surface area contributed by atoms with Gasteiger partial charge in [-0.1, -0.05) is 12.5 Å². The van der Waals surface area contributed by atoms with Gasteiger partial charge in [-0.3, -0.25) is 0 Å². The zero-order chi connectivity index (χ0) is 18.7. The van der Waals surface area contributed by atoms with Gasteiger partial charge in [-0.05, 0) is 43.0 Å². The normalized spacial score (nSPS) is 20.3. The van der Waals surface area contributed by atoms with E-state index in [4.69, 9.17) is 4.74 Å². The predicted molar refractivity (Wildman–Crippen MR) is 95.9 cm³/mol. The Morgan fingerprint density at radius 3 is 2.65 bits per heavy atom. The van der Waals surface area contributed by atoms with Crippen LogP contribution in [0.15, 0.2) is 30.6 Å². The van der Waals surface area contributed by atoms with Crippen LogP contribution in [-0.4, -0.2) is 30.7 Å². The number of sulfonamides is 1. The van der Waals surface area contributed by atoms with Gasteiger partial charge in [-0.15, -0.1) is 0 Å². The first-order valence-electron chi connectivity index (χ1n) is 8.50. The summed E-state index contributed by atoms with van der Waals surface area (Å²) in [6.45, 7) is 2.13. The summed E-state index contributed by atoms with van der Waals surface area (Å²) in [5.74, 6) is 0.280. The molecule has 0 amide bonds. The maximum atomic E-state index is 13.0. The summed E-state index contributed by atoms with van der Waals surface area (Å²) in [5.41, 5.74) is 1.85. The zero-order valence-corrected chi connectivity index (χ0v) is 15.6. The van der Waals surface area contributed by atoms with Gasteiger partial charge in [0.15, 0.2) is 5.82 Å². The van der Waals surface area contributed by atoms with E-state index in [1.54, 1.807) is 13.2 Å². The lowest BCUT2D eigenvalue weighted by Crippen LogP contribution is -2.36. The molecule has 2 atom stereocenters. The van der Waals surface area contributed by atoms with E-state index in [1.807, 2.05) is 19.1 Å². The maximum absolute atomic E-state index is 13.0. The standard InChI is InChI=1S/C18H22FN3O3S/c1-12-8-15(25-2)7-6-13(12)9-22-26(23,24)17-5-3-4-16(17)18-20-10-14(19)11-21-18/h6-8,10-11,16-17,22H,3-5,9H2,1-2H3/t16-,17-/m0/s1. The van der Waals surface area contributed by atoms with Crippen molar-refractivity contribution in [1.29, 1.82) is 0 Å². The molecule has 1 aromatic heterocycles. The van der Waals surface area contributed by atoms with Crippen molar-refractivity contribution in [2.75, 3.05) is 7.11 Å². The molecule has 2 aromatic rings. The van der Waals surface area contributed by atoms with Gasteiger partial charge in [-0.2, -0.15) is 0 Å². The third-order valence-corrected chi connectivity index (χ3v) is 6.74. The molecule has 1 saturated carbocycles. The number of halogens is 1. The highest BCUT2D eigenvalue weighted by Gasteiger charge is 2.39. The highest BCUT2D eigenvalue weighted by molar-refractivity contribution is 7.90. The van der Waals surface area contributed by atoms with Crippen molar-refractivity contribution in [3.05, 3.63) is 53.4 Å². The number of hydrogen-bond donors (Lipinski definition) is 1. The molecule has 8 heteroatoms. The summed E-state index contributed by atoms with van der Waals surface area (Å²) >= 11 is 0. The Morgan fingerprint density at radius 2 is 2.00 bits per heavy atom. The largest absolute Gasteiger partial charge is 0.497 e. The Kier molecular flexibility index (Phi) is 5.52. The molecule has 6 nitrogen and oxygen atoms in total. The van der Waals surface area contributed by atoms with Crippen LogP contribution in [0, 0.1) is 12.7 Å². The van der Waals surface area contributed by atoms with E-state index in [0.717, 1.165) is 35.7 Å². The summed E-state index contributed by atoms with van der Waals surface area (Å²) in [6, 6.07) is 5.53. The molecule has 1 aliphatic rings. The Bertz CT molecular complexity index is 872. The van der Waals surface area contributed by atoms with Crippen molar-refractivity contribution < 1.29 is 17.5 Å². The first-order chi connectivity index (χ1) is 12.4. The quantitative estimate of drug-likeness (QED) is 0.835. The second-order valence-electron chi connectivity index (χ2n) is 6.49. The minimum atomic E-state index is -3.55. The topological polar surface area (TPSA) is 81.2 Å². The number of aryl methyl sites for hydroxylation is 1. The van der Waals surface area contributed by atoms with Crippen LogP contribution in [0.4, 0.5) is 4.39 Å². The van der Waals surface area contributed by atoms with Crippen LogP contribution in [0.2, 0.25) is 0 Å². The SMILES string of the molecule is COc1ccc(CNS(=O)(=O)[C@H]2CCC[C@@H]2c2ncc(F)cn2)c(C)c1. The Balaban J connectivity index is 1.73. The fourth-order valence-electron chi connectivity index (χ4n) is 3.39. The van der Waals surface area contributed by atoms with Crippen LogP contribution in [0.25, 0.3) is 0 Å².